The molecule has 0 fully saturated rings. The highest BCUT2D eigenvalue weighted by Crippen LogP contribution is 2.22. The average Bonchev–Trinajstić information content (AvgIpc) is 2.97. The fourth-order valence-electron chi connectivity index (χ4n) is 5.16. The summed E-state index contributed by atoms with van der Waals surface area (Å²) in [7, 11) is 0. The zero-order valence-corrected chi connectivity index (χ0v) is 33.9. The van der Waals surface area contributed by atoms with Gasteiger partial charge in [0.25, 0.3) is 0 Å². The molecule has 0 aliphatic rings. The molecular formula is C41H57N5O8. The molecule has 3 rings (SSSR count). The number of aromatic nitrogens is 3. The normalized spacial score (nSPS) is 12.4. The van der Waals surface area contributed by atoms with Crippen LogP contribution in [0.15, 0.2) is 54.6 Å². The molecule has 0 atom stereocenters. The van der Waals surface area contributed by atoms with Crippen LogP contribution in [0.3, 0.4) is 0 Å². The van der Waals surface area contributed by atoms with Crippen molar-refractivity contribution in [3.8, 4) is 22.8 Å². The van der Waals surface area contributed by atoms with Crippen LogP contribution in [-0.4, -0.2) is 97.2 Å². The van der Waals surface area contributed by atoms with Crippen LogP contribution in [0, 0.1) is 0 Å². The highest BCUT2D eigenvalue weighted by Gasteiger charge is 2.26. The third-order valence-electron chi connectivity index (χ3n) is 6.75. The van der Waals surface area contributed by atoms with E-state index in [2.05, 4.69) is 0 Å². The van der Waals surface area contributed by atoms with Gasteiger partial charge in [-0.1, -0.05) is 18.2 Å². The molecule has 3 heterocycles. The Morgan fingerprint density at radius 2 is 0.667 bits per heavy atom. The van der Waals surface area contributed by atoms with E-state index in [1.807, 2.05) is 54.6 Å². The van der Waals surface area contributed by atoms with Crippen LogP contribution in [0.1, 0.15) is 94.5 Å². The minimum Gasteiger partial charge on any atom is -0.459 e. The summed E-state index contributed by atoms with van der Waals surface area (Å²) < 4.78 is 22.1. The fraction of sp³-hybridized carbons (Fsp3) is 0.537. The monoisotopic (exact) mass is 747 g/mol. The van der Waals surface area contributed by atoms with Gasteiger partial charge >= 0.3 is 23.9 Å². The van der Waals surface area contributed by atoms with Gasteiger partial charge in [-0.05, 0) is 119 Å². The first-order chi connectivity index (χ1) is 24.8. The molecule has 0 unspecified atom stereocenters. The molecule has 0 amide bonds. The Hall–Kier alpha value is -4.75. The lowest BCUT2D eigenvalue weighted by Gasteiger charge is -2.26. The Morgan fingerprint density at radius 3 is 0.926 bits per heavy atom. The highest BCUT2D eigenvalue weighted by atomic mass is 16.6. The van der Waals surface area contributed by atoms with Crippen LogP contribution in [0.5, 0.6) is 0 Å². The van der Waals surface area contributed by atoms with Crippen molar-refractivity contribution in [1.82, 2.24) is 24.8 Å². The molecule has 0 spiro atoms. The highest BCUT2D eigenvalue weighted by molar-refractivity contribution is 5.76. The molecule has 0 N–H and O–H groups in total. The van der Waals surface area contributed by atoms with Gasteiger partial charge in [0.1, 0.15) is 22.4 Å². The number of carbonyl (C=O) groups is 4. The van der Waals surface area contributed by atoms with Crippen LogP contribution >= 0.6 is 0 Å². The number of esters is 4. The summed E-state index contributed by atoms with van der Waals surface area (Å²) in [6.07, 6.45) is 0. The summed E-state index contributed by atoms with van der Waals surface area (Å²) in [6.45, 7) is 21.3. The molecule has 0 aliphatic carbocycles. The Kier molecular flexibility index (Phi) is 14.6. The van der Waals surface area contributed by atoms with E-state index in [0.29, 0.717) is 34.2 Å². The Balaban J connectivity index is 1.85. The molecule has 0 saturated carbocycles. The zero-order chi connectivity index (χ0) is 40.5. The van der Waals surface area contributed by atoms with Crippen molar-refractivity contribution in [1.29, 1.82) is 0 Å². The predicted molar refractivity (Wildman–Crippen MR) is 205 cm³/mol. The van der Waals surface area contributed by atoms with Crippen molar-refractivity contribution >= 4 is 23.9 Å². The third-order valence-corrected chi connectivity index (χ3v) is 6.75. The van der Waals surface area contributed by atoms with Gasteiger partial charge in [0.05, 0.1) is 60.3 Å². The molecule has 0 saturated heterocycles. The quantitative estimate of drug-likeness (QED) is 0.137. The van der Waals surface area contributed by atoms with E-state index in [-0.39, 0.29) is 39.3 Å². The van der Waals surface area contributed by atoms with E-state index in [0.717, 1.165) is 0 Å². The summed E-state index contributed by atoms with van der Waals surface area (Å²) >= 11 is 0. The lowest BCUT2D eigenvalue weighted by Crippen LogP contribution is -2.39. The minimum absolute atomic E-state index is 0.134. The molecule has 294 valence electrons. The first-order valence-corrected chi connectivity index (χ1v) is 18.0. The van der Waals surface area contributed by atoms with Crippen molar-refractivity contribution in [3.05, 3.63) is 66.0 Å². The smallest absolute Gasteiger partial charge is 0.320 e. The van der Waals surface area contributed by atoms with E-state index < -0.39 is 46.3 Å². The summed E-state index contributed by atoms with van der Waals surface area (Å²) in [6, 6.07) is 16.5. The molecule has 0 bridgehead atoms. The van der Waals surface area contributed by atoms with Crippen LogP contribution in [0.25, 0.3) is 22.8 Å². The first-order valence-electron chi connectivity index (χ1n) is 18.0. The van der Waals surface area contributed by atoms with Crippen molar-refractivity contribution in [2.45, 2.75) is 119 Å². The van der Waals surface area contributed by atoms with Crippen LogP contribution in [0.2, 0.25) is 0 Å². The van der Waals surface area contributed by atoms with E-state index in [4.69, 9.17) is 33.9 Å². The molecule has 54 heavy (non-hydrogen) atoms. The van der Waals surface area contributed by atoms with E-state index in [9.17, 15) is 19.2 Å². The van der Waals surface area contributed by atoms with E-state index in [1.54, 1.807) is 92.9 Å². The lowest BCUT2D eigenvalue weighted by molar-refractivity contribution is -0.162. The van der Waals surface area contributed by atoms with Crippen LogP contribution < -0.4 is 0 Å². The molecule has 3 aromatic heterocycles. The minimum atomic E-state index is -0.683. The van der Waals surface area contributed by atoms with Crippen LogP contribution in [-0.2, 0) is 51.2 Å². The largest absolute Gasteiger partial charge is 0.459 e. The van der Waals surface area contributed by atoms with Gasteiger partial charge in [-0.25, -0.2) is 15.0 Å². The summed E-state index contributed by atoms with van der Waals surface area (Å²) in [5.74, 6) is -1.87. The van der Waals surface area contributed by atoms with Gasteiger partial charge in [0, 0.05) is 13.1 Å². The molecule has 0 aliphatic heterocycles. The van der Waals surface area contributed by atoms with Gasteiger partial charge in [0.2, 0.25) is 0 Å². The second-order valence-electron chi connectivity index (χ2n) is 17.1. The second-order valence-corrected chi connectivity index (χ2v) is 17.1. The topological polar surface area (TPSA) is 150 Å². The molecule has 13 heteroatoms. The van der Waals surface area contributed by atoms with Gasteiger partial charge < -0.3 is 18.9 Å². The maximum Gasteiger partial charge on any atom is 0.320 e. The number of rotatable bonds is 14. The molecule has 0 aromatic carbocycles. The van der Waals surface area contributed by atoms with Gasteiger partial charge in [0.15, 0.2) is 0 Å². The molecule has 13 nitrogen and oxygen atoms in total. The number of hydrogen-bond acceptors (Lipinski definition) is 13. The van der Waals surface area contributed by atoms with Crippen molar-refractivity contribution in [3.63, 3.8) is 0 Å². The number of hydrogen-bond donors (Lipinski definition) is 0. The second kappa shape index (κ2) is 18.1. The van der Waals surface area contributed by atoms with Gasteiger partial charge in [-0.2, -0.15) is 0 Å². The predicted octanol–water partition coefficient (Wildman–Crippen LogP) is 6.18. The third kappa shape index (κ3) is 16.9. The number of ether oxygens (including phenoxy) is 4. The Labute approximate surface area is 319 Å². The Morgan fingerprint density at radius 1 is 0.426 bits per heavy atom. The maximum absolute atomic E-state index is 12.8. The number of nitrogens with zero attached hydrogens (tertiary/aromatic N) is 5. The van der Waals surface area contributed by atoms with E-state index >= 15 is 0 Å². The van der Waals surface area contributed by atoms with Crippen molar-refractivity contribution in [2.24, 2.45) is 0 Å². The maximum atomic E-state index is 12.8. The summed E-state index contributed by atoms with van der Waals surface area (Å²) in [4.78, 5) is 68.9. The molecule has 3 aromatic rings. The van der Waals surface area contributed by atoms with E-state index in [1.165, 1.54) is 0 Å². The SMILES string of the molecule is CC(C)(C)OC(=O)CN(CC(=O)OC(C)(C)C)Cc1cccc(-c2cccc(-c3cccc(CN(CC(=O)OC(C)(C)C)CC(=O)OC(C)(C)C)n3)n2)n1. The summed E-state index contributed by atoms with van der Waals surface area (Å²) in [5.41, 5.74) is 0.836. The fourth-order valence-corrected chi connectivity index (χ4v) is 5.16. The van der Waals surface area contributed by atoms with Gasteiger partial charge in [-0.15, -0.1) is 0 Å². The summed E-state index contributed by atoms with van der Waals surface area (Å²) in [5, 5.41) is 0. The van der Waals surface area contributed by atoms with Crippen LogP contribution in [0.4, 0.5) is 0 Å². The lowest BCUT2D eigenvalue weighted by atomic mass is 10.1. The Bertz CT molecular complexity index is 1580. The van der Waals surface area contributed by atoms with Crippen molar-refractivity contribution in [2.75, 3.05) is 26.2 Å². The van der Waals surface area contributed by atoms with Crippen molar-refractivity contribution < 1.29 is 38.1 Å². The number of carbonyl (C=O) groups excluding carboxylic acids is 4. The standard InChI is InChI=1S/C41H57N5O8/c1-38(2,3)51-34(47)24-45(25-35(48)52-39(4,5)6)22-28-16-13-18-30(42-28)32-20-15-21-33(44-32)31-19-14-17-29(43-31)23-46(26-36(49)53-40(7,8)9)27-37(50)54-41(10,11)12/h13-21H,22-27H2,1-12H3. The van der Waals surface area contributed by atoms with Gasteiger partial charge in [-0.3, -0.25) is 29.0 Å². The molecular weight excluding hydrogens is 690 g/mol. The average molecular weight is 748 g/mol. The first kappa shape index (κ1) is 43.7. The molecule has 0 radical (unpaired) electrons. The zero-order valence-electron chi connectivity index (χ0n) is 33.9. The number of pyridine rings is 3.